The second-order valence-corrected chi connectivity index (χ2v) is 9.80. The van der Waals surface area contributed by atoms with Gasteiger partial charge in [-0.05, 0) is 27.7 Å². The highest BCUT2D eigenvalue weighted by Gasteiger charge is 2.90. The quantitative estimate of drug-likeness (QED) is 0.276. The average Bonchev–Trinajstić information content (AvgIpc) is 2.44. The summed E-state index contributed by atoms with van der Waals surface area (Å²) in [5, 5.41) is 0. The molecule has 0 aromatic rings. The van der Waals surface area contributed by atoms with Crippen molar-refractivity contribution in [2.45, 2.75) is 75.0 Å². The summed E-state index contributed by atoms with van der Waals surface area (Å²) in [7, 11) is -8.48. The van der Waals surface area contributed by atoms with Crippen LogP contribution in [0.3, 0.4) is 0 Å². The lowest BCUT2D eigenvalue weighted by Crippen LogP contribution is -2.77. The first-order valence-corrected chi connectivity index (χ1v) is 9.66. The van der Waals surface area contributed by atoms with Crippen molar-refractivity contribution in [3.63, 3.8) is 0 Å². The van der Waals surface area contributed by atoms with Crippen LogP contribution in [-0.2, 0) is 13.3 Å². The van der Waals surface area contributed by atoms with Crippen molar-refractivity contribution >= 4 is 8.80 Å². The van der Waals surface area contributed by atoms with Crippen molar-refractivity contribution in [2.24, 2.45) is 0 Å². The van der Waals surface area contributed by atoms with Crippen molar-refractivity contribution in [3.05, 3.63) is 0 Å². The summed E-state index contributed by atoms with van der Waals surface area (Å²) in [4.78, 5) is 0. The standard InChI is InChI=1S/C13H14F16O3Si/c1-6(2,3)30-33(13(27,28)29,31-7(4,5-14)9(15,16)17)32-8(10(18,19)20,11(21,22)23)12(24,25)26/h5H2,1-4H3. The Labute approximate surface area is 175 Å². The van der Waals surface area contributed by atoms with Gasteiger partial charge in [-0.15, -0.1) is 0 Å². The molecule has 33 heavy (non-hydrogen) atoms. The first-order chi connectivity index (χ1) is 13.9. The second kappa shape index (κ2) is 8.57. The van der Waals surface area contributed by atoms with E-state index in [2.05, 4.69) is 13.3 Å². The van der Waals surface area contributed by atoms with Gasteiger partial charge in [-0.1, -0.05) is 0 Å². The molecule has 0 saturated carbocycles. The van der Waals surface area contributed by atoms with Crippen molar-refractivity contribution in [2.75, 3.05) is 6.67 Å². The summed E-state index contributed by atoms with van der Waals surface area (Å²) < 4.78 is 222. The van der Waals surface area contributed by atoms with E-state index in [1.54, 1.807) is 0 Å². The highest BCUT2D eigenvalue weighted by Crippen LogP contribution is 2.58. The molecule has 3 nitrogen and oxygen atoms in total. The van der Waals surface area contributed by atoms with E-state index in [0.717, 1.165) is 0 Å². The monoisotopic (exact) mass is 550 g/mol. The maximum absolute atomic E-state index is 13.8. The summed E-state index contributed by atoms with van der Waals surface area (Å²) in [5.41, 5.74) is -15.4. The van der Waals surface area contributed by atoms with E-state index in [0.29, 0.717) is 20.8 Å². The maximum Gasteiger partial charge on any atom is 0.618 e. The molecule has 0 aromatic carbocycles. The number of rotatable bonds is 6. The van der Waals surface area contributed by atoms with Gasteiger partial charge in [0.2, 0.25) is 0 Å². The molecule has 0 radical (unpaired) electrons. The fourth-order valence-corrected chi connectivity index (χ4v) is 4.75. The number of hydrogen-bond acceptors (Lipinski definition) is 3. The zero-order valence-electron chi connectivity index (χ0n) is 16.5. The van der Waals surface area contributed by atoms with Gasteiger partial charge in [0, 0.05) is 0 Å². The molecule has 0 rings (SSSR count). The second-order valence-electron chi connectivity index (χ2n) is 7.51. The van der Waals surface area contributed by atoms with Gasteiger partial charge in [0.15, 0.2) is 5.60 Å². The van der Waals surface area contributed by atoms with Gasteiger partial charge in [-0.3, -0.25) is 0 Å². The highest BCUT2D eigenvalue weighted by atomic mass is 28.4. The molecule has 0 heterocycles. The zero-order chi connectivity index (χ0) is 27.3. The number of halogens is 16. The van der Waals surface area contributed by atoms with E-state index >= 15 is 0 Å². The third-order valence-electron chi connectivity index (χ3n) is 3.49. The van der Waals surface area contributed by atoms with Crippen molar-refractivity contribution < 1.29 is 83.5 Å². The minimum Gasteiger partial charge on any atom is -0.363 e. The van der Waals surface area contributed by atoms with Crippen LogP contribution >= 0.6 is 0 Å². The molecule has 0 spiro atoms. The van der Waals surface area contributed by atoms with Gasteiger partial charge in [0.1, 0.15) is 6.67 Å². The lowest BCUT2D eigenvalue weighted by Gasteiger charge is -2.47. The Morgan fingerprint density at radius 2 is 0.848 bits per heavy atom. The zero-order valence-corrected chi connectivity index (χ0v) is 17.5. The van der Waals surface area contributed by atoms with E-state index in [1.807, 2.05) is 0 Å². The van der Waals surface area contributed by atoms with Crippen LogP contribution in [0.15, 0.2) is 0 Å². The van der Waals surface area contributed by atoms with Gasteiger partial charge >= 0.3 is 44.9 Å². The Morgan fingerprint density at radius 1 is 0.515 bits per heavy atom. The lowest BCUT2D eigenvalue weighted by molar-refractivity contribution is -0.450. The van der Waals surface area contributed by atoms with Crippen LogP contribution in [0.5, 0.6) is 0 Å². The first kappa shape index (κ1) is 32.0. The van der Waals surface area contributed by atoms with Gasteiger partial charge in [-0.25, -0.2) is 4.39 Å². The maximum atomic E-state index is 13.8. The SMILES string of the molecule is CC(C)(C)O[Si](OC(C)(CF)C(F)(F)F)(OC(C(F)(F)F)(C(F)(F)F)C(F)(F)F)C(F)(F)F. The highest BCUT2D eigenvalue weighted by molar-refractivity contribution is 6.63. The van der Waals surface area contributed by atoms with Gasteiger partial charge in [0.05, 0.1) is 5.60 Å². The normalized spacial score (nSPS) is 19.3. The number of hydrogen-bond donors (Lipinski definition) is 0. The van der Waals surface area contributed by atoms with Crippen molar-refractivity contribution in [1.29, 1.82) is 0 Å². The molecular weight excluding hydrogens is 536 g/mol. The Morgan fingerprint density at radius 3 is 1.03 bits per heavy atom. The third-order valence-corrected chi connectivity index (χ3v) is 6.36. The molecule has 0 aromatic heterocycles. The van der Waals surface area contributed by atoms with Crippen LogP contribution in [0.4, 0.5) is 70.2 Å². The van der Waals surface area contributed by atoms with Gasteiger partial charge in [-0.2, -0.15) is 65.9 Å². The molecule has 2 unspecified atom stereocenters. The van der Waals surface area contributed by atoms with E-state index in [1.165, 1.54) is 0 Å². The smallest absolute Gasteiger partial charge is 0.363 e. The third kappa shape index (κ3) is 6.16. The predicted molar refractivity (Wildman–Crippen MR) is 76.1 cm³/mol. The summed E-state index contributed by atoms with van der Waals surface area (Å²) >= 11 is 0. The molecule has 0 aliphatic heterocycles. The summed E-state index contributed by atoms with van der Waals surface area (Å²) in [6, 6.07) is 0. The Bertz CT molecular complexity index is 634. The van der Waals surface area contributed by atoms with E-state index in [9.17, 15) is 70.2 Å². The predicted octanol–water partition coefficient (Wildman–Crippen LogP) is 6.59. The first-order valence-electron chi connectivity index (χ1n) is 7.93. The largest absolute Gasteiger partial charge is 0.618 e. The summed E-state index contributed by atoms with van der Waals surface area (Å²) in [6.45, 7) is -2.47. The Balaban J connectivity index is 7.61. The van der Waals surface area contributed by atoms with Gasteiger partial charge < -0.3 is 13.3 Å². The van der Waals surface area contributed by atoms with Crippen LogP contribution in [0.2, 0.25) is 0 Å². The fourth-order valence-electron chi connectivity index (χ4n) is 1.95. The number of alkyl halides is 16. The minimum atomic E-state index is -8.48. The molecule has 0 aliphatic rings. The van der Waals surface area contributed by atoms with Crippen LogP contribution in [0.1, 0.15) is 27.7 Å². The minimum absolute atomic E-state index is 0.407. The average molecular weight is 550 g/mol. The molecule has 0 N–H and O–H groups in total. The molecule has 0 amide bonds. The van der Waals surface area contributed by atoms with E-state index in [4.69, 9.17) is 0 Å². The van der Waals surface area contributed by atoms with Crippen LogP contribution in [0.25, 0.3) is 0 Å². The summed E-state index contributed by atoms with van der Waals surface area (Å²) in [6.07, 6.45) is -29.7. The van der Waals surface area contributed by atoms with Crippen LogP contribution in [0, 0.1) is 0 Å². The molecular formula is C13H14F16O3Si. The molecule has 0 bridgehead atoms. The van der Waals surface area contributed by atoms with Crippen molar-refractivity contribution in [3.8, 4) is 0 Å². The van der Waals surface area contributed by atoms with Crippen LogP contribution in [-0.4, -0.2) is 62.8 Å². The molecule has 200 valence electrons. The molecule has 0 aliphatic carbocycles. The lowest BCUT2D eigenvalue weighted by atomic mass is 10.0. The molecule has 20 heteroatoms. The van der Waals surface area contributed by atoms with Crippen LogP contribution < -0.4 is 0 Å². The van der Waals surface area contributed by atoms with E-state index in [-0.39, 0.29) is 0 Å². The Kier molecular flexibility index (Phi) is 8.31. The topological polar surface area (TPSA) is 27.7 Å². The fraction of sp³-hybridized carbons (Fsp3) is 1.00. The van der Waals surface area contributed by atoms with E-state index < -0.39 is 69.7 Å². The molecule has 2 atom stereocenters. The summed E-state index contributed by atoms with van der Waals surface area (Å²) in [5.74, 6) is -6.99. The van der Waals surface area contributed by atoms with Gasteiger partial charge in [0.25, 0.3) is 0 Å². The Hall–Kier alpha value is -1.02. The molecule has 0 saturated heterocycles. The molecule has 0 fully saturated rings. The van der Waals surface area contributed by atoms with Crippen molar-refractivity contribution in [1.82, 2.24) is 0 Å².